The predicted molar refractivity (Wildman–Crippen MR) is 81.1 cm³/mol. The number of hydrogen-bond acceptors (Lipinski definition) is 2. The fourth-order valence-electron chi connectivity index (χ4n) is 2.44. The van der Waals surface area contributed by atoms with Crippen molar-refractivity contribution in [2.75, 3.05) is 13.1 Å². The molecule has 0 saturated heterocycles. The number of nitrogens with zero attached hydrogens (tertiary/aromatic N) is 2. The fraction of sp³-hybridized carbons (Fsp3) is 0.375. The van der Waals surface area contributed by atoms with E-state index in [4.69, 9.17) is 0 Å². The van der Waals surface area contributed by atoms with Crippen molar-refractivity contribution in [2.24, 2.45) is 0 Å². The van der Waals surface area contributed by atoms with Crippen molar-refractivity contribution < 1.29 is 4.79 Å². The number of aromatic nitrogens is 1. The van der Waals surface area contributed by atoms with Gasteiger partial charge in [-0.05, 0) is 32.9 Å². The van der Waals surface area contributed by atoms with E-state index in [0.717, 1.165) is 12.1 Å². The molecule has 0 saturated carbocycles. The number of fused-ring (bicyclic) bond motifs is 1. The van der Waals surface area contributed by atoms with Gasteiger partial charge in [-0.25, -0.2) is 0 Å². The Labute approximate surface area is 118 Å². The number of carbonyl (C=O) groups is 1. The third kappa shape index (κ3) is 2.33. The summed E-state index contributed by atoms with van der Waals surface area (Å²) in [6.07, 6.45) is 1.69. The first-order valence-electron chi connectivity index (χ1n) is 7.05. The maximum atomic E-state index is 12.5. The van der Waals surface area contributed by atoms with Crippen molar-refractivity contribution in [2.45, 2.75) is 27.3 Å². The molecular formula is C16H20N2O2. The summed E-state index contributed by atoms with van der Waals surface area (Å²) in [6.45, 7) is 7.77. The van der Waals surface area contributed by atoms with Crippen LogP contribution in [0.4, 0.5) is 0 Å². The minimum atomic E-state index is -0.187. The highest BCUT2D eigenvalue weighted by Crippen LogP contribution is 2.12. The standard InChI is InChI=1S/C16H20N2O2/c1-4-17(5-2)16(20)13-11-18(6-3)14-10-8-7-9-12(14)15(13)19/h7-11H,4-6H2,1-3H3. The van der Waals surface area contributed by atoms with Crippen molar-refractivity contribution in [1.29, 1.82) is 0 Å². The quantitative estimate of drug-likeness (QED) is 0.858. The molecular weight excluding hydrogens is 252 g/mol. The average molecular weight is 272 g/mol. The zero-order valence-corrected chi connectivity index (χ0v) is 12.2. The largest absolute Gasteiger partial charge is 0.347 e. The maximum absolute atomic E-state index is 12.5. The second-order valence-corrected chi connectivity index (χ2v) is 4.65. The third-order valence-electron chi connectivity index (χ3n) is 3.61. The molecule has 4 heteroatoms. The molecule has 4 nitrogen and oxygen atoms in total. The second kappa shape index (κ2) is 5.90. The number of para-hydroxylation sites is 1. The zero-order valence-electron chi connectivity index (χ0n) is 12.2. The van der Waals surface area contributed by atoms with Crippen LogP contribution in [0.3, 0.4) is 0 Å². The van der Waals surface area contributed by atoms with Crippen LogP contribution in [0.1, 0.15) is 31.1 Å². The van der Waals surface area contributed by atoms with Crippen LogP contribution < -0.4 is 5.43 Å². The molecule has 0 N–H and O–H groups in total. The van der Waals surface area contributed by atoms with Crippen LogP contribution in [0, 0.1) is 0 Å². The van der Waals surface area contributed by atoms with Crippen molar-refractivity contribution in [1.82, 2.24) is 9.47 Å². The summed E-state index contributed by atoms with van der Waals surface area (Å²) in [4.78, 5) is 26.6. The molecule has 1 heterocycles. The van der Waals surface area contributed by atoms with Gasteiger partial charge in [0.1, 0.15) is 5.56 Å². The molecule has 0 fully saturated rings. The van der Waals surface area contributed by atoms with Crippen molar-refractivity contribution in [3.8, 4) is 0 Å². The van der Waals surface area contributed by atoms with E-state index in [-0.39, 0.29) is 16.9 Å². The van der Waals surface area contributed by atoms with Gasteiger partial charge in [0, 0.05) is 31.2 Å². The molecule has 2 aromatic rings. The summed E-state index contributed by atoms with van der Waals surface area (Å²) in [5, 5.41) is 0.604. The van der Waals surface area contributed by atoms with Crippen molar-refractivity contribution in [3.05, 3.63) is 46.2 Å². The fourth-order valence-corrected chi connectivity index (χ4v) is 2.44. The molecule has 1 aromatic carbocycles. The molecule has 0 aliphatic heterocycles. The lowest BCUT2D eigenvalue weighted by atomic mass is 10.1. The van der Waals surface area contributed by atoms with E-state index in [2.05, 4.69) is 0 Å². The molecule has 20 heavy (non-hydrogen) atoms. The Kier molecular flexibility index (Phi) is 4.23. The molecule has 106 valence electrons. The average Bonchev–Trinajstić information content (AvgIpc) is 2.49. The van der Waals surface area contributed by atoms with Crippen LogP contribution in [0.2, 0.25) is 0 Å². The summed E-state index contributed by atoms with van der Waals surface area (Å²) in [7, 11) is 0. The van der Waals surface area contributed by atoms with Crippen LogP contribution in [0.15, 0.2) is 35.3 Å². The molecule has 1 aromatic heterocycles. The predicted octanol–water partition coefficient (Wildman–Crippen LogP) is 2.50. The Bertz CT molecular complexity index is 684. The smallest absolute Gasteiger partial charge is 0.259 e. The normalized spacial score (nSPS) is 10.8. The van der Waals surface area contributed by atoms with Gasteiger partial charge in [0.05, 0.1) is 5.52 Å². The Morgan fingerprint density at radius 1 is 1.15 bits per heavy atom. The molecule has 0 spiro atoms. The Hall–Kier alpha value is -2.10. The molecule has 0 bridgehead atoms. The van der Waals surface area contributed by atoms with E-state index in [1.54, 1.807) is 17.2 Å². The number of amides is 1. The van der Waals surface area contributed by atoms with E-state index >= 15 is 0 Å². The summed E-state index contributed by atoms with van der Waals surface area (Å²) in [5.41, 5.74) is 0.951. The first-order valence-corrected chi connectivity index (χ1v) is 7.05. The van der Waals surface area contributed by atoms with Gasteiger partial charge in [0.25, 0.3) is 5.91 Å². The number of aryl methyl sites for hydroxylation is 1. The van der Waals surface area contributed by atoms with Gasteiger partial charge >= 0.3 is 0 Å². The van der Waals surface area contributed by atoms with Crippen LogP contribution in [0.25, 0.3) is 10.9 Å². The monoisotopic (exact) mass is 272 g/mol. The molecule has 0 aliphatic rings. The topological polar surface area (TPSA) is 42.3 Å². The van der Waals surface area contributed by atoms with Gasteiger partial charge in [0.2, 0.25) is 5.43 Å². The molecule has 0 atom stereocenters. The van der Waals surface area contributed by atoms with Gasteiger partial charge in [-0.1, -0.05) is 12.1 Å². The molecule has 2 rings (SSSR count). The third-order valence-corrected chi connectivity index (χ3v) is 3.61. The van der Waals surface area contributed by atoms with Crippen LogP contribution in [0.5, 0.6) is 0 Å². The number of carbonyl (C=O) groups excluding carboxylic acids is 1. The second-order valence-electron chi connectivity index (χ2n) is 4.65. The number of pyridine rings is 1. The zero-order chi connectivity index (χ0) is 14.7. The lowest BCUT2D eigenvalue weighted by Crippen LogP contribution is -2.34. The first-order chi connectivity index (χ1) is 9.63. The Morgan fingerprint density at radius 3 is 2.40 bits per heavy atom. The highest BCUT2D eigenvalue weighted by atomic mass is 16.2. The van der Waals surface area contributed by atoms with Gasteiger partial charge in [0.15, 0.2) is 0 Å². The molecule has 0 aliphatic carbocycles. The van der Waals surface area contributed by atoms with E-state index in [0.29, 0.717) is 18.5 Å². The lowest BCUT2D eigenvalue weighted by molar-refractivity contribution is 0.0771. The van der Waals surface area contributed by atoms with Crippen molar-refractivity contribution >= 4 is 16.8 Å². The minimum Gasteiger partial charge on any atom is -0.347 e. The van der Waals surface area contributed by atoms with Gasteiger partial charge in [-0.2, -0.15) is 0 Å². The Morgan fingerprint density at radius 2 is 1.80 bits per heavy atom. The summed E-state index contributed by atoms with van der Waals surface area (Å²) in [5.74, 6) is -0.187. The van der Waals surface area contributed by atoms with Gasteiger partial charge in [-0.15, -0.1) is 0 Å². The number of rotatable bonds is 4. The van der Waals surface area contributed by atoms with E-state index < -0.39 is 0 Å². The van der Waals surface area contributed by atoms with Gasteiger partial charge in [-0.3, -0.25) is 9.59 Å². The summed E-state index contributed by atoms with van der Waals surface area (Å²) >= 11 is 0. The van der Waals surface area contributed by atoms with E-state index in [1.165, 1.54) is 0 Å². The minimum absolute atomic E-state index is 0.179. The lowest BCUT2D eigenvalue weighted by Gasteiger charge is -2.19. The summed E-state index contributed by atoms with van der Waals surface area (Å²) in [6, 6.07) is 7.42. The van der Waals surface area contributed by atoms with Crippen LogP contribution in [-0.2, 0) is 6.54 Å². The highest BCUT2D eigenvalue weighted by Gasteiger charge is 2.18. The molecule has 1 amide bonds. The van der Waals surface area contributed by atoms with Crippen LogP contribution in [-0.4, -0.2) is 28.5 Å². The van der Waals surface area contributed by atoms with E-state index in [1.807, 2.05) is 43.5 Å². The molecule has 0 radical (unpaired) electrons. The highest BCUT2D eigenvalue weighted by molar-refractivity contribution is 5.97. The Balaban J connectivity index is 2.69. The maximum Gasteiger partial charge on any atom is 0.259 e. The van der Waals surface area contributed by atoms with Crippen molar-refractivity contribution in [3.63, 3.8) is 0 Å². The number of hydrogen-bond donors (Lipinski definition) is 0. The SMILES string of the molecule is CCN(CC)C(=O)c1cn(CC)c2ccccc2c1=O. The number of benzene rings is 1. The first kappa shape index (κ1) is 14.3. The van der Waals surface area contributed by atoms with Gasteiger partial charge < -0.3 is 9.47 Å². The summed E-state index contributed by atoms with van der Waals surface area (Å²) < 4.78 is 1.95. The molecule has 0 unspecified atom stereocenters. The van der Waals surface area contributed by atoms with Crippen LogP contribution >= 0.6 is 0 Å². The van der Waals surface area contributed by atoms with E-state index in [9.17, 15) is 9.59 Å².